The summed E-state index contributed by atoms with van der Waals surface area (Å²) in [5.41, 5.74) is 0.195. The van der Waals surface area contributed by atoms with Crippen molar-refractivity contribution in [3.05, 3.63) is 0 Å². The van der Waals surface area contributed by atoms with Gasteiger partial charge in [0, 0.05) is 19.2 Å². The molecule has 98 valence electrons. The third-order valence-electron chi connectivity index (χ3n) is 4.79. The van der Waals surface area contributed by atoms with Crippen molar-refractivity contribution >= 4 is 0 Å². The standard InChI is InChI=1S/C14H25NO2/c16-13(11-3-4-11)10-15-12-5-8-17-14(9-12)6-1-2-7-14/h11-13,15-16H,1-10H2. The molecule has 0 aromatic rings. The van der Waals surface area contributed by atoms with Gasteiger partial charge in [0.05, 0.1) is 11.7 Å². The van der Waals surface area contributed by atoms with Crippen LogP contribution < -0.4 is 5.32 Å². The van der Waals surface area contributed by atoms with Gasteiger partial charge in [-0.05, 0) is 44.4 Å². The first-order valence-electron chi connectivity index (χ1n) is 7.33. The number of hydrogen-bond donors (Lipinski definition) is 2. The SMILES string of the molecule is OC(CNC1CCOC2(CCCC2)C1)C1CC1. The van der Waals surface area contributed by atoms with Crippen LogP contribution >= 0.6 is 0 Å². The van der Waals surface area contributed by atoms with E-state index in [0.29, 0.717) is 12.0 Å². The molecule has 1 saturated heterocycles. The second kappa shape index (κ2) is 4.87. The Labute approximate surface area is 104 Å². The molecule has 0 aromatic carbocycles. The van der Waals surface area contributed by atoms with Crippen LogP contribution in [0.2, 0.25) is 0 Å². The van der Waals surface area contributed by atoms with Crippen LogP contribution in [0.15, 0.2) is 0 Å². The molecule has 0 radical (unpaired) electrons. The van der Waals surface area contributed by atoms with Gasteiger partial charge in [-0.25, -0.2) is 0 Å². The van der Waals surface area contributed by atoms with Crippen LogP contribution in [0.25, 0.3) is 0 Å². The molecular weight excluding hydrogens is 214 g/mol. The Morgan fingerprint density at radius 2 is 2.00 bits per heavy atom. The smallest absolute Gasteiger partial charge is 0.0697 e. The normalized spacial score (nSPS) is 34.1. The average molecular weight is 239 g/mol. The van der Waals surface area contributed by atoms with Crippen molar-refractivity contribution in [2.24, 2.45) is 5.92 Å². The third-order valence-corrected chi connectivity index (χ3v) is 4.79. The quantitative estimate of drug-likeness (QED) is 0.786. The van der Waals surface area contributed by atoms with Gasteiger partial charge in [-0.3, -0.25) is 0 Å². The molecule has 3 nitrogen and oxygen atoms in total. The first kappa shape index (κ1) is 11.9. The molecule has 2 unspecified atom stereocenters. The number of rotatable bonds is 4. The van der Waals surface area contributed by atoms with Crippen LogP contribution in [0.1, 0.15) is 51.4 Å². The van der Waals surface area contributed by atoms with Gasteiger partial charge < -0.3 is 15.2 Å². The molecule has 3 fully saturated rings. The second-order valence-electron chi connectivity index (χ2n) is 6.24. The highest BCUT2D eigenvalue weighted by atomic mass is 16.5. The van der Waals surface area contributed by atoms with Crippen LogP contribution in [-0.4, -0.2) is 36.0 Å². The maximum atomic E-state index is 9.88. The molecule has 2 N–H and O–H groups in total. The van der Waals surface area contributed by atoms with E-state index in [4.69, 9.17) is 4.74 Å². The van der Waals surface area contributed by atoms with E-state index in [-0.39, 0.29) is 11.7 Å². The summed E-state index contributed by atoms with van der Waals surface area (Å²) in [7, 11) is 0. The predicted molar refractivity (Wildman–Crippen MR) is 66.9 cm³/mol. The molecule has 0 aromatic heterocycles. The highest BCUT2D eigenvalue weighted by Gasteiger charge is 2.40. The maximum Gasteiger partial charge on any atom is 0.0697 e. The zero-order valence-electron chi connectivity index (χ0n) is 10.7. The molecule has 0 amide bonds. The number of nitrogens with one attached hydrogen (secondary N) is 1. The van der Waals surface area contributed by atoms with Crippen molar-refractivity contribution in [1.29, 1.82) is 0 Å². The predicted octanol–water partition coefficient (Wildman–Crippen LogP) is 1.84. The molecule has 3 aliphatic rings. The van der Waals surface area contributed by atoms with Crippen molar-refractivity contribution < 1.29 is 9.84 Å². The van der Waals surface area contributed by atoms with Crippen LogP contribution in [0, 0.1) is 5.92 Å². The summed E-state index contributed by atoms with van der Waals surface area (Å²) in [6.45, 7) is 1.68. The zero-order chi connectivity index (χ0) is 11.7. The molecule has 2 saturated carbocycles. The highest BCUT2D eigenvalue weighted by Crippen LogP contribution is 2.40. The van der Waals surface area contributed by atoms with Gasteiger partial charge in [-0.15, -0.1) is 0 Å². The van der Waals surface area contributed by atoms with E-state index < -0.39 is 0 Å². The summed E-state index contributed by atoms with van der Waals surface area (Å²) in [6, 6.07) is 0.565. The topological polar surface area (TPSA) is 41.5 Å². The van der Waals surface area contributed by atoms with E-state index in [0.717, 1.165) is 26.0 Å². The maximum absolute atomic E-state index is 9.88. The van der Waals surface area contributed by atoms with Crippen molar-refractivity contribution in [3.8, 4) is 0 Å². The molecule has 3 heteroatoms. The fraction of sp³-hybridized carbons (Fsp3) is 1.00. The van der Waals surface area contributed by atoms with Gasteiger partial charge in [0.15, 0.2) is 0 Å². The molecule has 1 aliphatic heterocycles. The van der Waals surface area contributed by atoms with E-state index in [1.807, 2.05) is 0 Å². The van der Waals surface area contributed by atoms with Crippen LogP contribution in [0.4, 0.5) is 0 Å². The van der Waals surface area contributed by atoms with Crippen molar-refractivity contribution in [2.45, 2.75) is 69.1 Å². The molecule has 3 rings (SSSR count). The van der Waals surface area contributed by atoms with E-state index in [1.165, 1.54) is 38.5 Å². The summed E-state index contributed by atoms with van der Waals surface area (Å²) in [5.74, 6) is 0.586. The van der Waals surface area contributed by atoms with E-state index in [2.05, 4.69) is 5.32 Å². The lowest BCUT2D eigenvalue weighted by atomic mass is 9.89. The van der Waals surface area contributed by atoms with Crippen molar-refractivity contribution in [1.82, 2.24) is 5.32 Å². The monoisotopic (exact) mass is 239 g/mol. The Morgan fingerprint density at radius 3 is 2.71 bits per heavy atom. The van der Waals surface area contributed by atoms with Crippen molar-refractivity contribution in [2.75, 3.05) is 13.2 Å². The molecule has 1 spiro atoms. The number of ether oxygens (including phenoxy) is 1. The van der Waals surface area contributed by atoms with E-state index in [9.17, 15) is 5.11 Å². The van der Waals surface area contributed by atoms with Crippen LogP contribution in [0.3, 0.4) is 0 Å². The van der Waals surface area contributed by atoms with Crippen molar-refractivity contribution in [3.63, 3.8) is 0 Å². The third kappa shape index (κ3) is 2.83. The lowest BCUT2D eigenvalue weighted by Gasteiger charge is -2.39. The number of aliphatic hydroxyl groups excluding tert-OH is 1. The Balaban J connectivity index is 1.46. The highest BCUT2D eigenvalue weighted by molar-refractivity contribution is 4.94. The second-order valence-corrected chi connectivity index (χ2v) is 6.24. The zero-order valence-corrected chi connectivity index (χ0v) is 10.7. The fourth-order valence-corrected chi connectivity index (χ4v) is 3.50. The Morgan fingerprint density at radius 1 is 1.24 bits per heavy atom. The summed E-state index contributed by atoms with van der Waals surface area (Å²) in [6.07, 6.45) is 9.75. The minimum Gasteiger partial charge on any atom is -0.392 e. The van der Waals surface area contributed by atoms with Gasteiger partial charge in [0.2, 0.25) is 0 Å². The lowest BCUT2D eigenvalue weighted by Crippen LogP contribution is -2.47. The van der Waals surface area contributed by atoms with Crippen LogP contribution in [0.5, 0.6) is 0 Å². The molecule has 0 bridgehead atoms. The van der Waals surface area contributed by atoms with E-state index in [1.54, 1.807) is 0 Å². The summed E-state index contributed by atoms with van der Waals surface area (Å²) in [4.78, 5) is 0. The fourth-order valence-electron chi connectivity index (χ4n) is 3.50. The summed E-state index contributed by atoms with van der Waals surface area (Å²) < 4.78 is 6.02. The lowest BCUT2D eigenvalue weighted by molar-refractivity contribution is -0.0845. The average Bonchev–Trinajstić information content (AvgIpc) is 3.10. The first-order valence-corrected chi connectivity index (χ1v) is 7.33. The van der Waals surface area contributed by atoms with E-state index >= 15 is 0 Å². The first-order chi connectivity index (χ1) is 8.27. The largest absolute Gasteiger partial charge is 0.392 e. The Hall–Kier alpha value is -0.120. The minimum absolute atomic E-state index is 0.114. The Bertz CT molecular complexity index is 259. The minimum atomic E-state index is -0.114. The molecule has 2 aliphatic carbocycles. The van der Waals surface area contributed by atoms with Gasteiger partial charge in [0.1, 0.15) is 0 Å². The summed E-state index contributed by atoms with van der Waals surface area (Å²) >= 11 is 0. The van der Waals surface area contributed by atoms with Crippen LogP contribution in [-0.2, 0) is 4.74 Å². The van der Waals surface area contributed by atoms with Gasteiger partial charge >= 0.3 is 0 Å². The van der Waals surface area contributed by atoms with Gasteiger partial charge in [-0.2, -0.15) is 0 Å². The number of hydrogen-bond acceptors (Lipinski definition) is 3. The molecule has 1 heterocycles. The molecular formula is C14H25NO2. The molecule has 2 atom stereocenters. The van der Waals surface area contributed by atoms with Gasteiger partial charge in [-0.1, -0.05) is 12.8 Å². The molecule has 17 heavy (non-hydrogen) atoms. The summed E-state index contributed by atoms with van der Waals surface area (Å²) in [5, 5.41) is 13.4. The number of aliphatic hydroxyl groups is 1. The Kier molecular flexibility index (Phi) is 3.42. The van der Waals surface area contributed by atoms with Gasteiger partial charge in [0.25, 0.3) is 0 Å².